The van der Waals surface area contributed by atoms with Gasteiger partial charge in [-0.3, -0.25) is 0 Å². The number of nitrogens with zero attached hydrogens (tertiary/aromatic N) is 1. The van der Waals surface area contributed by atoms with E-state index in [9.17, 15) is 5.11 Å². The van der Waals surface area contributed by atoms with E-state index in [2.05, 4.69) is 44.1 Å². The molecule has 1 aromatic heterocycles. The van der Waals surface area contributed by atoms with Crippen molar-refractivity contribution >= 4 is 16.9 Å². The summed E-state index contributed by atoms with van der Waals surface area (Å²) in [5.74, 6) is 2.39. The maximum atomic E-state index is 10.2. The summed E-state index contributed by atoms with van der Waals surface area (Å²) < 4.78 is 0. The Morgan fingerprint density at radius 3 is 2.65 bits per heavy atom. The van der Waals surface area contributed by atoms with Gasteiger partial charge in [0.15, 0.2) is 0 Å². The summed E-state index contributed by atoms with van der Waals surface area (Å²) in [7, 11) is 0. The lowest BCUT2D eigenvalue weighted by atomic mass is 9.47. The molecule has 26 heavy (non-hydrogen) atoms. The Bertz CT molecular complexity index is 792. The van der Waals surface area contributed by atoms with Gasteiger partial charge in [-0.1, -0.05) is 31.6 Å². The van der Waals surface area contributed by atoms with E-state index in [0.29, 0.717) is 10.8 Å². The van der Waals surface area contributed by atoms with Gasteiger partial charge in [0.25, 0.3) is 0 Å². The van der Waals surface area contributed by atoms with Crippen molar-refractivity contribution in [1.29, 1.82) is 0 Å². The number of hydrogen-bond donors (Lipinski definition) is 1. The molecule has 0 radical (unpaired) electrons. The first kappa shape index (κ1) is 17.2. The fourth-order valence-electron chi connectivity index (χ4n) is 7.08. The van der Waals surface area contributed by atoms with Crippen molar-refractivity contribution in [1.82, 2.24) is 4.98 Å². The zero-order chi connectivity index (χ0) is 18.1. The van der Waals surface area contributed by atoms with Gasteiger partial charge in [0.1, 0.15) is 0 Å². The second-order valence-electron chi connectivity index (χ2n) is 9.71. The summed E-state index contributed by atoms with van der Waals surface area (Å²) in [5.41, 5.74) is 3.83. The SMILES string of the molecule is Cc1ncc(C2=CCC3C4CC=C5CC(O)CCC5(C)C4CCC23C)s1. The Hall–Kier alpha value is -0.930. The molecule has 0 saturated heterocycles. The lowest BCUT2D eigenvalue weighted by Gasteiger charge is -2.57. The number of allylic oxidation sites excluding steroid dienone is 3. The fraction of sp³-hybridized carbons (Fsp3) is 0.696. The van der Waals surface area contributed by atoms with Gasteiger partial charge < -0.3 is 5.11 Å². The van der Waals surface area contributed by atoms with Crippen LogP contribution in [0.2, 0.25) is 0 Å². The van der Waals surface area contributed by atoms with Gasteiger partial charge in [-0.2, -0.15) is 0 Å². The summed E-state index contributed by atoms with van der Waals surface area (Å²) in [6.45, 7) is 7.17. The third-order valence-corrected chi connectivity index (χ3v) is 9.49. The van der Waals surface area contributed by atoms with Gasteiger partial charge in [-0.05, 0) is 86.0 Å². The minimum Gasteiger partial charge on any atom is -0.393 e. The van der Waals surface area contributed by atoms with Crippen LogP contribution in [-0.2, 0) is 0 Å². The highest BCUT2D eigenvalue weighted by molar-refractivity contribution is 7.12. The maximum absolute atomic E-state index is 10.2. The third-order valence-electron chi connectivity index (χ3n) is 8.55. The molecule has 1 N–H and O–H groups in total. The highest BCUT2D eigenvalue weighted by Crippen LogP contribution is 2.66. The van der Waals surface area contributed by atoms with Crippen LogP contribution in [0, 0.1) is 35.5 Å². The molecule has 4 aliphatic carbocycles. The molecular formula is C23H31NOS. The first-order valence-electron chi connectivity index (χ1n) is 10.4. The molecule has 5 rings (SSSR count). The number of aliphatic hydroxyl groups excluding tert-OH is 1. The lowest BCUT2D eigenvalue weighted by Crippen LogP contribution is -2.49. The summed E-state index contributed by atoms with van der Waals surface area (Å²) >= 11 is 1.87. The van der Waals surface area contributed by atoms with Crippen molar-refractivity contribution in [3.8, 4) is 0 Å². The van der Waals surface area contributed by atoms with E-state index in [0.717, 1.165) is 30.6 Å². The molecule has 2 nitrogen and oxygen atoms in total. The van der Waals surface area contributed by atoms with Crippen LogP contribution in [0.25, 0.3) is 5.57 Å². The number of hydrogen-bond acceptors (Lipinski definition) is 3. The normalized spacial score (nSPS) is 44.6. The van der Waals surface area contributed by atoms with E-state index in [1.807, 2.05) is 11.3 Å². The quantitative estimate of drug-likeness (QED) is 0.638. The molecule has 1 aromatic rings. The number of aryl methyl sites for hydroxylation is 1. The van der Waals surface area contributed by atoms with Crippen LogP contribution < -0.4 is 0 Å². The Kier molecular flexibility index (Phi) is 3.82. The summed E-state index contributed by atoms with van der Waals surface area (Å²) in [6, 6.07) is 0. The Morgan fingerprint density at radius 1 is 1.08 bits per heavy atom. The minimum absolute atomic E-state index is 0.103. The molecule has 2 saturated carbocycles. The molecule has 2 fully saturated rings. The second-order valence-corrected chi connectivity index (χ2v) is 10.9. The number of rotatable bonds is 1. The molecule has 6 unspecified atom stereocenters. The zero-order valence-corrected chi connectivity index (χ0v) is 17.1. The number of aliphatic hydroxyl groups is 1. The van der Waals surface area contributed by atoms with Gasteiger partial charge in [-0.25, -0.2) is 4.98 Å². The molecule has 3 heteroatoms. The summed E-state index contributed by atoms with van der Waals surface area (Å²) in [4.78, 5) is 5.94. The molecule has 140 valence electrons. The van der Waals surface area contributed by atoms with Crippen LogP contribution in [0.4, 0.5) is 0 Å². The monoisotopic (exact) mass is 369 g/mol. The van der Waals surface area contributed by atoms with Crippen LogP contribution in [0.5, 0.6) is 0 Å². The number of thiazole rings is 1. The van der Waals surface area contributed by atoms with E-state index >= 15 is 0 Å². The van der Waals surface area contributed by atoms with E-state index < -0.39 is 0 Å². The van der Waals surface area contributed by atoms with E-state index in [-0.39, 0.29) is 6.10 Å². The van der Waals surface area contributed by atoms with Crippen molar-refractivity contribution in [2.75, 3.05) is 0 Å². The second kappa shape index (κ2) is 5.78. The van der Waals surface area contributed by atoms with E-state index in [1.54, 1.807) is 11.1 Å². The van der Waals surface area contributed by atoms with Crippen LogP contribution in [-0.4, -0.2) is 16.2 Å². The molecule has 0 amide bonds. The highest BCUT2D eigenvalue weighted by atomic mass is 32.1. The first-order valence-corrected chi connectivity index (χ1v) is 11.2. The Morgan fingerprint density at radius 2 is 1.88 bits per heavy atom. The van der Waals surface area contributed by atoms with Gasteiger partial charge in [0.2, 0.25) is 0 Å². The molecule has 4 aliphatic rings. The van der Waals surface area contributed by atoms with Crippen molar-refractivity contribution < 1.29 is 5.11 Å². The lowest BCUT2D eigenvalue weighted by molar-refractivity contribution is -0.0237. The maximum Gasteiger partial charge on any atom is 0.0900 e. The van der Waals surface area contributed by atoms with Crippen molar-refractivity contribution in [3.05, 3.63) is 33.8 Å². The van der Waals surface area contributed by atoms with Crippen LogP contribution in [0.3, 0.4) is 0 Å². The van der Waals surface area contributed by atoms with Crippen molar-refractivity contribution in [3.63, 3.8) is 0 Å². The number of fused-ring (bicyclic) bond motifs is 5. The standard InChI is InChI=1S/C23H31NOS/c1-14-24-13-21(26-14)20-7-6-18-17-5-4-15-12-16(25)8-10-22(15,2)19(17)9-11-23(18,20)3/h4,7,13,16-19,25H,5-6,8-12H2,1-3H3. The molecule has 0 aromatic carbocycles. The first-order chi connectivity index (χ1) is 12.4. The largest absolute Gasteiger partial charge is 0.393 e. The molecule has 0 bridgehead atoms. The molecule has 6 atom stereocenters. The van der Waals surface area contributed by atoms with E-state index in [1.165, 1.54) is 42.0 Å². The third kappa shape index (κ3) is 2.29. The zero-order valence-electron chi connectivity index (χ0n) is 16.3. The predicted molar refractivity (Wildman–Crippen MR) is 108 cm³/mol. The Balaban J connectivity index is 1.47. The molecular weight excluding hydrogens is 338 g/mol. The average Bonchev–Trinajstić information content (AvgIpc) is 3.18. The molecule has 0 spiro atoms. The van der Waals surface area contributed by atoms with Crippen LogP contribution >= 0.6 is 11.3 Å². The van der Waals surface area contributed by atoms with E-state index in [4.69, 9.17) is 0 Å². The van der Waals surface area contributed by atoms with Crippen LogP contribution in [0.1, 0.15) is 68.7 Å². The van der Waals surface area contributed by atoms with Crippen LogP contribution in [0.15, 0.2) is 23.9 Å². The van der Waals surface area contributed by atoms with Crippen molar-refractivity contribution in [2.45, 2.75) is 71.8 Å². The van der Waals surface area contributed by atoms with Gasteiger partial charge in [-0.15, -0.1) is 11.3 Å². The average molecular weight is 370 g/mol. The fourth-order valence-corrected chi connectivity index (χ4v) is 8.03. The van der Waals surface area contributed by atoms with Gasteiger partial charge in [0.05, 0.1) is 16.0 Å². The minimum atomic E-state index is -0.103. The predicted octanol–water partition coefficient (Wildman–Crippen LogP) is 5.77. The highest BCUT2D eigenvalue weighted by Gasteiger charge is 2.56. The molecule has 0 aliphatic heterocycles. The van der Waals surface area contributed by atoms with Crippen molar-refractivity contribution in [2.24, 2.45) is 28.6 Å². The number of aromatic nitrogens is 1. The van der Waals surface area contributed by atoms with Gasteiger partial charge >= 0.3 is 0 Å². The summed E-state index contributed by atoms with van der Waals surface area (Å²) in [5, 5.41) is 11.3. The summed E-state index contributed by atoms with van der Waals surface area (Å²) in [6.07, 6.45) is 15.3. The molecule has 1 heterocycles. The van der Waals surface area contributed by atoms with Gasteiger partial charge in [0, 0.05) is 6.20 Å². The Labute approximate surface area is 161 Å². The topological polar surface area (TPSA) is 33.1 Å². The smallest absolute Gasteiger partial charge is 0.0900 e.